The van der Waals surface area contributed by atoms with E-state index in [-0.39, 0.29) is 0 Å². The summed E-state index contributed by atoms with van der Waals surface area (Å²) in [7, 11) is 0. The zero-order chi connectivity index (χ0) is 9.87. The first-order valence-corrected chi connectivity index (χ1v) is 5.87. The highest BCUT2D eigenvalue weighted by Crippen LogP contribution is 2.69. The minimum absolute atomic E-state index is 0.427. The number of allylic oxidation sites excluding steroid dienone is 2. The molecule has 1 heteroatoms. The van der Waals surface area contributed by atoms with Gasteiger partial charge in [0.1, 0.15) is 0 Å². The molecule has 1 nitrogen and oxygen atoms in total. The third-order valence-corrected chi connectivity index (χ3v) is 4.49. The summed E-state index contributed by atoms with van der Waals surface area (Å²) >= 11 is 0. The summed E-state index contributed by atoms with van der Waals surface area (Å²) in [5.41, 5.74) is 1.16. The summed E-state index contributed by atoms with van der Waals surface area (Å²) < 4.78 is 0. The Hall–Kier alpha value is -0.590. The summed E-state index contributed by atoms with van der Waals surface area (Å²) in [6, 6.07) is 0. The fourth-order valence-corrected chi connectivity index (χ4v) is 4.09. The largest absolute Gasteiger partial charge is 0.295 e. The van der Waals surface area contributed by atoms with Gasteiger partial charge in [-0.1, -0.05) is 5.57 Å². The summed E-state index contributed by atoms with van der Waals surface area (Å²) in [4.78, 5) is 11.9. The molecule has 4 unspecified atom stereocenters. The molecule has 4 atom stereocenters. The maximum atomic E-state index is 11.9. The van der Waals surface area contributed by atoms with Crippen molar-refractivity contribution in [3.8, 4) is 0 Å². The van der Waals surface area contributed by atoms with Gasteiger partial charge in [-0.05, 0) is 62.9 Å². The Morgan fingerprint density at radius 1 is 1.14 bits per heavy atom. The third-order valence-electron chi connectivity index (χ3n) is 4.49. The fraction of sp³-hybridized carbons (Fsp3) is 0.769. The Morgan fingerprint density at radius 3 is 2.21 bits per heavy atom. The molecule has 3 fully saturated rings. The van der Waals surface area contributed by atoms with E-state index in [1.165, 1.54) is 19.3 Å². The zero-order valence-corrected chi connectivity index (χ0v) is 8.99. The van der Waals surface area contributed by atoms with Crippen molar-refractivity contribution in [3.63, 3.8) is 0 Å². The van der Waals surface area contributed by atoms with Crippen LogP contribution in [0, 0.1) is 29.6 Å². The van der Waals surface area contributed by atoms with Crippen LogP contribution in [0.25, 0.3) is 0 Å². The molecule has 76 valence electrons. The first kappa shape index (κ1) is 8.70. The third kappa shape index (κ3) is 1.04. The molecule has 0 spiro atoms. The van der Waals surface area contributed by atoms with Crippen LogP contribution in [-0.4, -0.2) is 5.78 Å². The monoisotopic (exact) mass is 190 g/mol. The van der Waals surface area contributed by atoms with E-state index in [2.05, 4.69) is 0 Å². The lowest BCUT2D eigenvalue weighted by atomic mass is 9.99. The van der Waals surface area contributed by atoms with Crippen LogP contribution < -0.4 is 0 Å². The number of fused-ring (bicyclic) bond motifs is 5. The molecule has 0 saturated heterocycles. The second-order valence-electron chi connectivity index (χ2n) is 5.64. The molecule has 14 heavy (non-hydrogen) atoms. The average molecular weight is 190 g/mol. The maximum Gasteiger partial charge on any atom is 0.159 e. The molecule has 0 aromatic rings. The Bertz CT molecular complexity index is 295. The van der Waals surface area contributed by atoms with Gasteiger partial charge in [-0.2, -0.15) is 0 Å². The number of ketones is 1. The summed E-state index contributed by atoms with van der Waals surface area (Å²) in [6.45, 7) is 4.04. The van der Waals surface area contributed by atoms with Gasteiger partial charge in [0, 0.05) is 5.92 Å². The second-order valence-corrected chi connectivity index (χ2v) is 5.64. The number of carbonyl (C=O) groups is 1. The molecule has 0 N–H and O–H groups in total. The summed E-state index contributed by atoms with van der Waals surface area (Å²) in [5.74, 6) is 4.32. The smallest absolute Gasteiger partial charge is 0.159 e. The van der Waals surface area contributed by atoms with Gasteiger partial charge in [0.05, 0.1) is 0 Å². The van der Waals surface area contributed by atoms with Gasteiger partial charge in [0.2, 0.25) is 0 Å². The van der Waals surface area contributed by atoms with Gasteiger partial charge < -0.3 is 0 Å². The van der Waals surface area contributed by atoms with E-state index in [1.807, 2.05) is 19.9 Å². The predicted octanol–water partition coefficient (Wildman–Crippen LogP) is 2.81. The van der Waals surface area contributed by atoms with Crippen molar-refractivity contribution in [2.45, 2.75) is 33.1 Å². The molecule has 3 rings (SSSR count). The summed E-state index contributed by atoms with van der Waals surface area (Å²) in [5, 5.41) is 0. The average Bonchev–Trinajstić information content (AvgIpc) is 2.56. The van der Waals surface area contributed by atoms with Crippen LogP contribution >= 0.6 is 0 Å². The minimum Gasteiger partial charge on any atom is -0.295 e. The lowest BCUT2D eigenvalue weighted by molar-refractivity contribution is -0.116. The number of hydrogen-bond donors (Lipinski definition) is 0. The van der Waals surface area contributed by atoms with Crippen LogP contribution in [0.3, 0.4) is 0 Å². The highest BCUT2D eigenvalue weighted by Gasteiger charge is 2.66. The van der Waals surface area contributed by atoms with Crippen molar-refractivity contribution in [2.24, 2.45) is 29.6 Å². The Labute approximate surface area is 85.6 Å². The summed E-state index contributed by atoms with van der Waals surface area (Å²) in [6.07, 6.45) is 6.12. The van der Waals surface area contributed by atoms with Crippen molar-refractivity contribution in [1.82, 2.24) is 0 Å². The minimum atomic E-state index is 0.427. The van der Waals surface area contributed by atoms with Crippen molar-refractivity contribution >= 4 is 5.78 Å². The number of rotatable bonds is 2. The standard InChI is InChI=1S/C13H18O/c1-7(2)5-10(14)13-11-8-3-4-9(6-8)12(11)13/h5,8-9,11-13H,3-4,6H2,1-2H3. The molecule has 3 saturated carbocycles. The molecule has 0 aliphatic heterocycles. The van der Waals surface area contributed by atoms with E-state index in [0.717, 1.165) is 29.2 Å². The Kier molecular flexibility index (Phi) is 1.68. The molecule has 3 aliphatic rings. The molecule has 2 bridgehead atoms. The van der Waals surface area contributed by atoms with E-state index in [1.54, 1.807) is 0 Å². The predicted molar refractivity (Wildman–Crippen MR) is 55.7 cm³/mol. The second kappa shape index (κ2) is 2.71. The maximum absolute atomic E-state index is 11.9. The van der Waals surface area contributed by atoms with E-state index in [0.29, 0.717) is 11.7 Å². The van der Waals surface area contributed by atoms with Crippen LogP contribution in [-0.2, 0) is 4.79 Å². The lowest BCUT2D eigenvalue weighted by Gasteiger charge is -2.05. The van der Waals surface area contributed by atoms with Gasteiger partial charge in [-0.15, -0.1) is 0 Å². The van der Waals surface area contributed by atoms with Crippen LogP contribution in [0.2, 0.25) is 0 Å². The van der Waals surface area contributed by atoms with Crippen molar-refractivity contribution in [3.05, 3.63) is 11.6 Å². The highest BCUT2D eigenvalue weighted by atomic mass is 16.1. The molecule has 0 heterocycles. The topological polar surface area (TPSA) is 17.1 Å². The first-order chi connectivity index (χ1) is 6.68. The van der Waals surface area contributed by atoms with E-state index in [9.17, 15) is 4.79 Å². The highest BCUT2D eigenvalue weighted by molar-refractivity contribution is 5.95. The van der Waals surface area contributed by atoms with E-state index >= 15 is 0 Å². The molecular weight excluding hydrogens is 172 g/mol. The number of hydrogen-bond acceptors (Lipinski definition) is 1. The Balaban J connectivity index is 1.74. The van der Waals surface area contributed by atoms with Crippen molar-refractivity contribution < 1.29 is 4.79 Å². The molecule has 0 aromatic carbocycles. The van der Waals surface area contributed by atoms with Crippen molar-refractivity contribution in [1.29, 1.82) is 0 Å². The molecule has 0 aromatic heterocycles. The van der Waals surface area contributed by atoms with Gasteiger partial charge in [0.25, 0.3) is 0 Å². The van der Waals surface area contributed by atoms with Gasteiger partial charge >= 0.3 is 0 Å². The molecular formula is C13H18O. The van der Waals surface area contributed by atoms with Crippen LogP contribution in [0.15, 0.2) is 11.6 Å². The zero-order valence-electron chi connectivity index (χ0n) is 8.99. The van der Waals surface area contributed by atoms with Gasteiger partial charge in [0.15, 0.2) is 5.78 Å². The van der Waals surface area contributed by atoms with Crippen molar-refractivity contribution in [2.75, 3.05) is 0 Å². The van der Waals surface area contributed by atoms with Crippen LogP contribution in [0.5, 0.6) is 0 Å². The fourth-order valence-electron chi connectivity index (χ4n) is 4.09. The Morgan fingerprint density at radius 2 is 1.71 bits per heavy atom. The first-order valence-electron chi connectivity index (χ1n) is 5.87. The number of carbonyl (C=O) groups excluding carboxylic acids is 1. The van der Waals surface area contributed by atoms with Crippen LogP contribution in [0.4, 0.5) is 0 Å². The molecule has 3 aliphatic carbocycles. The van der Waals surface area contributed by atoms with Crippen LogP contribution in [0.1, 0.15) is 33.1 Å². The SMILES string of the molecule is CC(C)=CC(=O)C1C2C3CCC(C3)C12. The van der Waals surface area contributed by atoms with E-state index in [4.69, 9.17) is 0 Å². The quantitative estimate of drug-likeness (QED) is 0.612. The van der Waals surface area contributed by atoms with E-state index < -0.39 is 0 Å². The molecule has 0 amide bonds. The lowest BCUT2D eigenvalue weighted by Crippen LogP contribution is -2.07. The normalized spacial score (nSPS) is 47.4. The molecule has 0 radical (unpaired) electrons. The van der Waals surface area contributed by atoms with Gasteiger partial charge in [-0.3, -0.25) is 4.79 Å². The van der Waals surface area contributed by atoms with Gasteiger partial charge in [-0.25, -0.2) is 0 Å².